The Morgan fingerprint density at radius 3 is 2.11 bits per heavy atom. The van der Waals surface area contributed by atoms with Gasteiger partial charge in [-0.1, -0.05) is 29.8 Å². The Labute approximate surface area is 130 Å². The molecule has 1 aromatic rings. The average molecular weight is 361 g/mol. The molecule has 0 bridgehead atoms. The first kappa shape index (κ1) is 17.9. The Morgan fingerprint density at radius 2 is 1.61 bits per heavy atom. The van der Waals surface area contributed by atoms with Crippen LogP contribution in [0.3, 0.4) is 0 Å². The van der Waals surface area contributed by atoms with Crippen molar-refractivity contribution in [3.8, 4) is 0 Å². The number of hydrogen-bond donors (Lipinski definition) is 0. The molecule has 104 valence electrons. The maximum Gasteiger partial charge on any atom is 0.0789 e. The highest BCUT2D eigenvalue weighted by Gasteiger charge is 2.19. The molecule has 0 heterocycles. The number of halogens is 1. The van der Waals surface area contributed by atoms with Crippen molar-refractivity contribution in [3.63, 3.8) is 0 Å². The highest BCUT2D eigenvalue weighted by molar-refractivity contribution is 5.22. The minimum absolute atomic E-state index is 0. The largest absolute Gasteiger partial charge is 1.00 e. The summed E-state index contributed by atoms with van der Waals surface area (Å²) in [5.74, 6) is 0. The van der Waals surface area contributed by atoms with Gasteiger partial charge in [0.1, 0.15) is 0 Å². The number of benzene rings is 1. The molecule has 0 aliphatic heterocycles. The van der Waals surface area contributed by atoms with Gasteiger partial charge in [0, 0.05) is 6.42 Å². The molecule has 0 aliphatic carbocycles. The van der Waals surface area contributed by atoms with Gasteiger partial charge in [0.2, 0.25) is 0 Å². The topological polar surface area (TPSA) is 0 Å². The third kappa shape index (κ3) is 5.27. The Morgan fingerprint density at radius 1 is 1.00 bits per heavy atom. The predicted molar refractivity (Wildman–Crippen MR) is 76.3 cm³/mol. The van der Waals surface area contributed by atoms with Crippen molar-refractivity contribution in [1.82, 2.24) is 0 Å². The van der Waals surface area contributed by atoms with Crippen molar-refractivity contribution in [1.29, 1.82) is 0 Å². The number of quaternary nitrogens is 1. The van der Waals surface area contributed by atoms with Crippen LogP contribution in [-0.4, -0.2) is 30.7 Å². The molecule has 0 unspecified atom stereocenters. The Kier molecular flexibility index (Phi) is 8.87. The Hall–Kier alpha value is -0.0900. The van der Waals surface area contributed by atoms with Crippen LogP contribution in [0.5, 0.6) is 0 Å². The van der Waals surface area contributed by atoms with Crippen LogP contribution in [0.4, 0.5) is 0 Å². The van der Waals surface area contributed by atoms with Gasteiger partial charge in [-0.05, 0) is 39.7 Å². The molecule has 0 aromatic heterocycles. The standard InChI is InChI=1S/C16H28N.HI/c1-5-17(6-2,7-3)13-9-12-16-11-8-10-15(4)14-16;/h8,10-11,14H,5-7,9,12-13H2,1-4H3;1H/q+1;/p-1. The van der Waals surface area contributed by atoms with E-state index >= 15 is 0 Å². The van der Waals surface area contributed by atoms with E-state index in [1.165, 1.54) is 54.6 Å². The molecule has 0 spiro atoms. The molecule has 0 saturated heterocycles. The van der Waals surface area contributed by atoms with E-state index in [0.29, 0.717) is 0 Å². The van der Waals surface area contributed by atoms with Crippen molar-refractivity contribution >= 4 is 0 Å². The van der Waals surface area contributed by atoms with Gasteiger partial charge in [-0.3, -0.25) is 0 Å². The first-order chi connectivity index (χ1) is 8.15. The molecular weight excluding hydrogens is 333 g/mol. The molecule has 1 rings (SSSR count). The summed E-state index contributed by atoms with van der Waals surface area (Å²) in [6.07, 6.45) is 2.53. The SMILES string of the molecule is CC[N+](CC)(CC)CCCc1cccc(C)c1.[I-]. The van der Waals surface area contributed by atoms with Crippen LogP contribution in [-0.2, 0) is 6.42 Å². The molecule has 0 atom stereocenters. The lowest BCUT2D eigenvalue weighted by Crippen LogP contribution is -3.00. The van der Waals surface area contributed by atoms with Gasteiger partial charge in [-0.15, -0.1) is 0 Å². The van der Waals surface area contributed by atoms with Gasteiger partial charge < -0.3 is 28.5 Å². The summed E-state index contributed by atoms with van der Waals surface area (Å²) in [5.41, 5.74) is 2.87. The van der Waals surface area contributed by atoms with Crippen LogP contribution in [0, 0.1) is 6.92 Å². The van der Waals surface area contributed by atoms with Crippen molar-refractivity contribution in [2.45, 2.75) is 40.5 Å². The van der Waals surface area contributed by atoms with Gasteiger partial charge in [0.25, 0.3) is 0 Å². The van der Waals surface area contributed by atoms with Crippen molar-refractivity contribution < 1.29 is 28.5 Å². The highest BCUT2D eigenvalue weighted by Crippen LogP contribution is 2.11. The summed E-state index contributed by atoms with van der Waals surface area (Å²) in [4.78, 5) is 0. The molecule has 0 saturated carbocycles. The zero-order chi connectivity index (χ0) is 12.7. The van der Waals surface area contributed by atoms with Gasteiger partial charge in [-0.2, -0.15) is 0 Å². The number of rotatable bonds is 7. The van der Waals surface area contributed by atoms with Crippen LogP contribution in [0.1, 0.15) is 38.3 Å². The zero-order valence-electron chi connectivity index (χ0n) is 12.4. The minimum atomic E-state index is 0. The molecule has 0 amide bonds. The van der Waals surface area contributed by atoms with E-state index in [2.05, 4.69) is 52.0 Å². The van der Waals surface area contributed by atoms with Gasteiger partial charge in [0.15, 0.2) is 0 Å². The lowest BCUT2D eigenvalue weighted by molar-refractivity contribution is -0.923. The average Bonchev–Trinajstić information content (AvgIpc) is 2.35. The molecule has 0 aliphatic rings. The van der Waals surface area contributed by atoms with Crippen LogP contribution in [0.25, 0.3) is 0 Å². The third-order valence-electron chi connectivity index (χ3n) is 4.19. The summed E-state index contributed by atoms with van der Waals surface area (Å²) in [6.45, 7) is 14.2. The quantitative estimate of drug-likeness (QED) is 0.498. The van der Waals surface area contributed by atoms with E-state index in [1.54, 1.807) is 0 Å². The first-order valence-electron chi connectivity index (χ1n) is 7.06. The predicted octanol–water partition coefficient (Wildman–Crippen LogP) is 0.808. The normalized spacial score (nSPS) is 11.1. The number of hydrogen-bond acceptors (Lipinski definition) is 0. The smallest absolute Gasteiger partial charge is 0.0789 e. The summed E-state index contributed by atoms with van der Waals surface area (Å²) in [5, 5.41) is 0. The van der Waals surface area contributed by atoms with E-state index in [-0.39, 0.29) is 24.0 Å². The molecule has 1 aromatic carbocycles. The molecule has 0 N–H and O–H groups in total. The second-order valence-electron chi connectivity index (χ2n) is 5.11. The van der Waals surface area contributed by atoms with Crippen LogP contribution < -0.4 is 24.0 Å². The second-order valence-corrected chi connectivity index (χ2v) is 5.11. The fraction of sp³-hybridized carbons (Fsp3) is 0.625. The van der Waals surface area contributed by atoms with E-state index in [4.69, 9.17) is 0 Å². The molecule has 0 radical (unpaired) electrons. The van der Waals surface area contributed by atoms with E-state index < -0.39 is 0 Å². The highest BCUT2D eigenvalue weighted by atomic mass is 127. The van der Waals surface area contributed by atoms with Crippen molar-refractivity contribution in [2.24, 2.45) is 0 Å². The molecule has 2 heteroatoms. The van der Waals surface area contributed by atoms with Crippen molar-refractivity contribution in [2.75, 3.05) is 26.2 Å². The number of nitrogens with zero attached hydrogens (tertiary/aromatic N) is 1. The third-order valence-corrected chi connectivity index (χ3v) is 4.19. The fourth-order valence-electron chi connectivity index (χ4n) is 2.63. The van der Waals surface area contributed by atoms with E-state index in [9.17, 15) is 0 Å². The number of aryl methyl sites for hydroxylation is 2. The summed E-state index contributed by atoms with van der Waals surface area (Å²) in [7, 11) is 0. The van der Waals surface area contributed by atoms with Crippen LogP contribution >= 0.6 is 0 Å². The van der Waals surface area contributed by atoms with Gasteiger partial charge >= 0.3 is 0 Å². The van der Waals surface area contributed by atoms with Crippen LogP contribution in [0.2, 0.25) is 0 Å². The van der Waals surface area contributed by atoms with E-state index in [0.717, 1.165) is 0 Å². The minimum Gasteiger partial charge on any atom is -1.00 e. The maximum absolute atomic E-state index is 2.32. The lowest BCUT2D eigenvalue weighted by atomic mass is 10.1. The molecule has 18 heavy (non-hydrogen) atoms. The van der Waals surface area contributed by atoms with E-state index in [1.807, 2.05) is 0 Å². The fourth-order valence-corrected chi connectivity index (χ4v) is 2.63. The Bertz CT molecular complexity index is 323. The van der Waals surface area contributed by atoms with Gasteiger partial charge in [-0.25, -0.2) is 0 Å². The zero-order valence-corrected chi connectivity index (χ0v) is 14.5. The van der Waals surface area contributed by atoms with Crippen LogP contribution in [0.15, 0.2) is 24.3 Å². The summed E-state index contributed by atoms with van der Waals surface area (Å²) >= 11 is 0. The monoisotopic (exact) mass is 361 g/mol. The maximum atomic E-state index is 2.32. The summed E-state index contributed by atoms with van der Waals surface area (Å²) in [6, 6.07) is 8.92. The molecule has 0 fully saturated rings. The molecule has 1 nitrogen and oxygen atoms in total. The van der Waals surface area contributed by atoms with Gasteiger partial charge in [0.05, 0.1) is 26.2 Å². The summed E-state index contributed by atoms with van der Waals surface area (Å²) < 4.78 is 1.27. The van der Waals surface area contributed by atoms with Crippen molar-refractivity contribution in [3.05, 3.63) is 35.4 Å². The molecular formula is C16H28IN. The lowest BCUT2D eigenvalue weighted by Gasteiger charge is -2.35. The second kappa shape index (κ2) is 8.92. The Balaban J connectivity index is 0.00000289. The first-order valence-corrected chi connectivity index (χ1v) is 7.06.